The van der Waals surface area contributed by atoms with Gasteiger partial charge in [0.25, 0.3) is 0 Å². The Kier molecular flexibility index (Phi) is 9.03. The summed E-state index contributed by atoms with van der Waals surface area (Å²) in [5.74, 6) is 1.89. The highest BCUT2D eigenvalue weighted by Crippen LogP contribution is 2.25. The summed E-state index contributed by atoms with van der Waals surface area (Å²) in [6, 6.07) is 0. The molecule has 120 valence electrons. The van der Waals surface area contributed by atoms with E-state index in [1.54, 1.807) is 11.8 Å². The van der Waals surface area contributed by atoms with Gasteiger partial charge < -0.3 is 30.2 Å². The van der Waals surface area contributed by atoms with Crippen molar-refractivity contribution in [2.24, 2.45) is 5.73 Å². The van der Waals surface area contributed by atoms with Crippen LogP contribution in [0.2, 0.25) is 0 Å². The second-order valence-corrected chi connectivity index (χ2v) is 5.98. The van der Waals surface area contributed by atoms with Crippen molar-refractivity contribution in [3.8, 4) is 0 Å². The lowest BCUT2D eigenvalue weighted by Gasteiger charge is -2.41. The predicted molar refractivity (Wildman–Crippen MR) is 78.7 cm³/mol. The maximum atomic E-state index is 10.1. The lowest BCUT2D eigenvalue weighted by molar-refractivity contribution is -0.299. The molecule has 0 aromatic carbocycles. The standard InChI is InChI=1S/C13H27NO5S/c1-3-9-10(15)11(16)12(13(17-2)19-9)18-6-4-7-20-8-5-14/h9-13,15-16H,3-8,14H2,1-2H3/t9?,10-,11+,12?,13+/m1/s1. The van der Waals surface area contributed by atoms with E-state index in [1.807, 2.05) is 6.92 Å². The molecule has 0 bridgehead atoms. The highest BCUT2D eigenvalue weighted by atomic mass is 32.2. The SMILES string of the molecule is CCC1O[C@H](OC)C(OCCCSCCN)[C@@H](O)[C@@H]1O. The van der Waals surface area contributed by atoms with Gasteiger partial charge in [0.1, 0.15) is 18.3 Å². The summed E-state index contributed by atoms with van der Waals surface area (Å²) in [7, 11) is 1.51. The molecule has 1 rings (SSSR count). The van der Waals surface area contributed by atoms with Gasteiger partial charge in [-0.3, -0.25) is 0 Å². The maximum Gasteiger partial charge on any atom is 0.186 e. The normalized spacial score (nSPS) is 34.4. The summed E-state index contributed by atoms with van der Waals surface area (Å²) in [4.78, 5) is 0. The van der Waals surface area contributed by atoms with Gasteiger partial charge in [0.2, 0.25) is 0 Å². The van der Waals surface area contributed by atoms with E-state index in [2.05, 4.69) is 0 Å². The van der Waals surface area contributed by atoms with E-state index >= 15 is 0 Å². The van der Waals surface area contributed by atoms with Gasteiger partial charge >= 0.3 is 0 Å². The number of aliphatic hydroxyl groups excluding tert-OH is 2. The van der Waals surface area contributed by atoms with Crippen LogP contribution in [-0.4, -0.2) is 72.7 Å². The highest BCUT2D eigenvalue weighted by molar-refractivity contribution is 7.99. The molecule has 7 heteroatoms. The summed E-state index contributed by atoms with van der Waals surface area (Å²) in [6.45, 7) is 3.06. The summed E-state index contributed by atoms with van der Waals surface area (Å²) in [5.41, 5.74) is 5.41. The van der Waals surface area contributed by atoms with Crippen LogP contribution in [0.3, 0.4) is 0 Å². The molecule has 0 radical (unpaired) electrons. The first-order valence-electron chi connectivity index (χ1n) is 7.09. The van der Waals surface area contributed by atoms with Crippen molar-refractivity contribution in [2.45, 2.75) is 50.5 Å². The third kappa shape index (κ3) is 5.14. The molecule has 4 N–H and O–H groups in total. The Morgan fingerprint density at radius 1 is 1.25 bits per heavy atom. The number of methoxy groups -OCH3 is 1. The molecule has 1 fully saturated rings. The minimum Gasteiger partial charge on any atom is -0.388 e. The Bertz CT molecular complexity index is 257. The summed E-state index contributed by atoms with van der Waals surface area (Å²) in [6.07, 6.45) is -2.18. The van der Waals surface area contributed by atoms with E-state index < -0.39 is 30.7 Å². The van der Waals surface area contributed by atoms with Crippen LogP contribution in [0.25, 0.3) is 0 Å². The molecule has 1 heterocycles. The number of ether oxygens (including phenoxy) is 3. The molecule has 1 aliphatic heterocycles. The van der Waals surface area contributed by atoms with Gasteiger partial charge in [-0.25, -0.2) is 0 Å². The van der Waals surface area contributed by atoms with Crippen LogP contribution < -0.4 is 5.73 Å². The summed E-state index contributed by atoms with van der Waals surface area (Å²) in [5, 5.41) is 20.1. The number of hydrogen-bond donors (Lipinski definition) is 3. The number of aliphatic hydroxyl groups is 2. The van der Waals surface area contributed by atoms with Gasteiger partial charge in [0, 0.05) is 26.0 Å². The Hall–Kier alpha value is 0.110. The molecule has 6 nitrogen and oxygen atoms in total. The monoisotopic (exact) mass is 309 g/mol. The molecule has 0 amide bonds. The van der Waals surface area contributed by atoms with Crippen molar-refractivity contribution >= 4 is 11.8 Å². The lowest BCUT2D eigenvalue weighted by atomic mass is 9.97. The van der Waals surface area contributed by atoms with Crippen molar-refractivity contribution in [2.75, 3.05) is 31.8 Å². The first-order valence-corrected chi connectivity index (χ1v) is 8.25. The van der Waals surface area contributed by atoms with E-state index in [0.717, 1.165) is 17.9 Å². The molecule has 0 aromatic rings. The van der Waals surface area contributed by atoms with Crippen LogP contribution in [0.5, 0.6) is 0 Å². The van der Waals surface area contributed by atoms with Crippen LogP contribution in [0.1, 0.15) is 19.8 Å². The first-order chi connectivity index (χ1) is 9.65. The number of nitrogens with two attached hydrogens (primary N) is 1. The molecule has 1 saturated heterocycles. The average molecular weight is 309 g/mol. The molecule has 20 heavy (non-hydrogen) atoms. The minimum absolute atomic E-state index is 0.421. The van der Waals surface area contributed by atoms with Crippen LogP contribution >= 0.6 is 11.8 Å². The Balaban J connectivity index is 2.37. The minimum atomic E-state index is -0.990. The second-order valence-electron chi connectivity index (χ2n) is 4.76. The van der Waals surface area contributed by atoms with Crippen molar-refractivity contribution in [1.82, 2.24) is 0 Å². The van der Waals surface area contributed by atoms with Gasteiger partial charge in [-0.05, 0) is 18.6 Å². The molecule has 2 unspecified atom stereocenters. The van der Waals surface area contributed by atoms with Crippen molar-refractivity contribution in [3.63, 3.8) is 0 Å². The molecule has 0 aliphatic carbocycles. The van der Waals surface area contributed by atoms with E-state index in [-0.39, 0.29) is 0 Å². The quantitative estimate of drug-likeness (QED) is 0.514. The fraction of sp³-hybridized carbons (Fsp3) is 1.00. The van der Waals surface area contributed by atoms with Crippen LogP contribution in [0.4, 0.5) is 0 Å². The first kappa shape index (κ1) is 18.2. The van der Waals surface area contributed by atoms with E-state index in [4.69, 9.17) is 19.9 Å². The largest absolute Gasteiger partial charge is 0.388 e. The third-order valence-corrected chi connectivity index (χ3v) is 4.39. The van der Waals surface area contributed by atoms with Crippen molar-refractivity contribution in [3.05, 3.63) is 0 Å². The second kappa shape index (κ2) is 9.94. The molecule has 0 aromatic heterocycles. The van der Waals surface area contributed by atoms with Crippen LogP contribution in [0, 0.1) is 0 Å². The zero-order valence-corrected chi connectivity index (χ0v) is 13.1. The smallest absolute Gasteiger partial charge is 0.186 e. The Morgan fingerprint density at radius 3 is 2.60 bits per heavy atom. The third-order valence-electron chi connectivity index (χ3n) is 3.28. The van der Waals surface area contributed by atoms with E-state index in [0.29, 0.717) is 19.6 Å². The summed E-state index contributed by atoms with van der Waals surface area (Å²) < 4.78 is 16.4. The van der Waals surface area contributed by atoms with Crippen LogP contribution in [-0.2, 0) is 14.2 Å². The van der Waals surface area contributed by atoms with Gasteiger partial charge in [-0.2, -0.15) is 11.8 Å². The molecular weight excluding hydrogens is 282 g/mol. The lowest BCUT2D eigenvalue weighted by Crippen LogP contribution is -2.58. The number of rotatable bonds is 9. The topological polar surface area (TPSA) is 94.2 Å². The van der Waals surface area contributed by atoms with Gasteiger partial charge in [-0.15, -0.1) is 0 Å². The highest BCUT2D eigenvalue weighted by Gasteiger charge is 2.44. The zero-order chi connectivity index (χ0) is 15.0. The molecule has 0 saturated carbocycles. The van der Waals surface area contributed by atoms with Gasteiger partial charge in [0.05, 0.1) is 6.10 Å². The number of thioether (sulfide) groups is 1. The van der Waals surface area contributed by atoms with E-state index in [1.165, 1.54) is 7.11 Å². The molecule has 1 aliphatic rings. The fourth-order valence-corrected chi connectivity index (χ4v) is 2.87. The van der Waals surface area contributed by atoms with Gasteiger partial charge in [0.15, 0.2) is 6.29 Å². The maximum absolute atomic E-state index is 10.1. The number of hydrogen-bond acceptors (Lipinski definition) is 7. The van der Waals surface area contributed by atoms with Crippen molar-refractivity contribution in [1.29, 1.82) is 0 Å². The van der Waals surface area contributed by atoms with Crippen LogP contribution in [0.15, 0.2) is 0 Å². The molecule has 0 spiro atoms. The van der Waals surface area contributed by atoms with Gasteiger partial charge in [-0.1, -0.05) is 6.92 Å². The molecular formula is C13H27NO5S. The Labute approximate surface area is 125 Å². The Morgan fingerprint density at radius 2 is 2.00 bits per heavy atom. The fourth-order valence-electron chi connectivity index (χ4n) is 2.18. The summed E-state index contributed by atoms with van der Waals surface area (Å²) >= 11 is 1.77. The van der Waals surface area contributed by atoms with E-state index in [9.17, 15) is 10.2 Å². The zero-order valence-electron chi connectivity index (χ0n) is 12.2. The molecule has 5 atom stereocenters. The average Bonchev–Trinajstić information content (AvgIpc) is 2.47. The predicted octanol–water partition coefficient (Wildman–Crippen LogP) is -0.0433. The van der Waals surface area contributed by atoms with Crippen molar-refractivity contribution < 1.29 is 24.4 Å².